The average Bonchev–Trinajstić information content (AvgIpc) is 2.43. The largest absolute Gasteiger partial charge is 0.307 e. The number of aryl methyl sites for hydroxylation is 1. The Morgan fingerprint density at radius 3 is 2.93 bits per heavy atom. The molecule has 1 heterocycles. The van der Waals surface area contributed by atoms with Crippen molar-refractivity contribution in [2.75, 3.05) is 11.5 Å². The van der Waals surface area contributed by atoms with Crippen molar-refractivity contribution < 1.29 is 0 Å². The molecule has 1 N–H and O–H groups in total. The molecule has 2 unspecified atom stereocenters. The van der Waals surface area contributed by atoms with E-state index >= 15 is 0 Å². The standard InChI is InChI=1S/C13H19NS/c1-10-5-3-4-6-12(10)13-9-15-8-7-11(2)14-13/h3-6,11,13-14H,7-9H2,1-2H3. The predicted octanol–water partition coefficient (Wildman–Crippen LogP) is 3.15. The molecule has 1 aromatic carbocycles. The first kappa shape index (κ1) is 11.0. The first-order chi connectivity index (χ1) is 7.27. The van der Waals surface area contributed by atoms with Gasteiger partial charge in [-0.3, -0.25) is 0 Å². The van der Waals surface area contributed by atoms with Crippen LogP contribution in [-0.2, 0) is 0 Å². The van der Waals surface area contributed by atoms with Crippen LogP contribution in [0.4, 0.5) is 0 Å². The maximum atomic E-state index is 3.72. The van der Waals surface area contributed by atoms with Crippen molar-refractivity contribution in [3.05, 3.63) is 35.4 Å². The van der Waals surface area contributed by atoms with E-state index in [9.17, 15) is 0 Å². The van der Waals surface area contributed by atoms with Crippen molar-refractivity contribution >= 4 is 11.8 Å². The van der Waals surface area contributed by atoms with Gasteiger partial charge in [-0.2, -0.15) is 11.8 Å². The van der Waals surface area contributed by atoms with Crippen LogP contribution in [0, 0.1) is 6.92 Å². The van der Waals surface area contributed by atoms with E-state index in [0.717, 1.165) is 0 Å². The lowest BCUT2D eigenvalue weighted by Crippen LogP contribution is -2.30. The molecule has 0 bridgehead atoms. The van der Waals surface area contributed by atoms with E-state index in [2.05, 4.69) is 55.2 Å². The molecule has 0 radical (unpaired) electrons. The smallest absolute Gasteiger partial charge is 0.0416 e. The van der Waals surface area contributed by atoms with Crippen LogP contribution < -0.4 is 5.32 Å². The summed E-state index contributed by atoms with van der Waals surface area (Å²) in [4.78, 5) is 0. The third-order valence-electron chi connectivity index (χ3n) is 3.03. The lowest BCUT2D eigenvalue weighted by Gasteiger charge is -2.21. The van der Waals surface area contributed by atoms with Gasteiger partial charge >= 0.3 is 0 Å². The van der Waals surface area contributed by atoms with E-state index in [0.29, 0.717) is 12.1 Å². The van der Waals surface area contributed by atoms with Gasteiger partial charge in [0.25, 0.3) is 0 Å². The van der Waals surface area contributed by atoms with Crippen LogP contribution >= 0.6 is 11.8 Å². The Morgan fingerprint density at radius 2 is 2.13 bits per heavy atom. The van der Waals surface area contributed by atoms with E-state index in [1.165, 1.54) is 29.1 Å². The van der Waals surface area contributed by atoms with Crippen molar-refractivity contribution in [2.24, 2.45) is 0 Å². The third kappa shape index (κ3) is 2.76. The SMILES string of the molecule is Cc1ccccc1C1CSCCC(C)N1. The molecule has 0 aliphatic carbocycles. The topological polar surface area (TPSA) is 12.0 Å². The second kappa shape index (κ2) is 5.04. The van der Waals surface area contributed by atoms with Crippen molar-refractivity contribution in [1.82, 2.24) is 5.32 Å². The Labute approximate surface area is 96.7 Å². The highest BCUT2D eigenvalue weighted by atomic mass is 32.2. The molecule has 1 aliphatic rings. The number of hydrogen-bond acceptors (Lipinski definition) is 2. The minimum atomic E-state index is 0.536. The molecule has 1 saturated heterocycles. The summed E-state index contributed by atoms with van der Waals surface area (Å²) < 4.78 is 0. The summed E-state index contributed by atoms with van der Waals surface area (Å²) in [6.45, 7) is 4.49. The highest BCUT2D eigenvalue weighted by Gasteiger charge is 2.18. The molecule has 15 heavy (non-hydrogen) atoms. The Bertz CT molecular complexity index is 324. The Hall–Kier alpha value is -0.470. The van der Waals surface area contributed by atoms with Gasteiger partial charge in [0.2, 0.25) is 0 Å². The predicted molar refractivity (Wildman–Crippen MR) is 68.5 cm³/mol. The van der Waals surface area contributed by atoms with Gasteiger partial charge in [0.05, 0.1) is 0 Å². The van der Waals surface area contributed by atoms with Crippen molar-refractivity contribution in [3.63, 3.8) is 0 Å². The van der Waals surface area contributed by atoms with Crippen LogP contribution in [0.3, 0.4) is 0 Å². The van der Waals surface area contributed by atoms with Crippen molar-refractivity contribution in [2.45, 2.75) is 32.4 Å². The first-order valence-electron chi connectivity index (χ1n) is 5.66. The van der Waals surface area contributed by atoms with Gasteiger partial charge in [-0.25, -0.2) is 0 Å². The highest BCUT2D eigenvalue weighted by molar-refractivity contribution is 7.99. The van der Waals surface area contributed by atoms with Crippen LogP contribution in [0.15, 0.2) is 24.3 Å². The lowest BCUT2D eigenvalue weighted by molar-refractivity contribution is 0.483. The van der Waals surface area contributed by atoms with Gasteiger partial charge in [0.1, 0.15) is 0 Å². The van der Waals surface area contributed by atoms with E-state index in [-0.39, 0.29) is 0 Å². The highest BCUT2D eigenvalue weighted by Crippen LogP contribution is 2.25. The maximum Gasteiger partial charge on any atom is 0.0416 e. The van der Waals surface area contributed by atoms with Crippen molar-refractivity contribution in [1.29, 1.82) is 0 Å². The molecule has 0 spiro atoms. The zero-order valence-corrected chi connectivity index (χ0v) is 10.3. The van der Waals surface area contributed by atoms with Gasteiger partial charge < -0.3 is 5.32 Å². The van der Waals surface area contributed by atoms with Gasteiger partial charge in [0, 0.05) is 17.8 Å². The van der Waals surface area contributed by atoms with Crippen LogP contribution in [0.25, 0.3) is 0 Å². The minimum Gasteiger partial charge on any atom is -0.307 e. The van der Waals surface area contributed by atoms with Gasteiger partial charge in [-0.1, -0.05) is 24.3 Å². The minimum absolute atomic E-state index is 0.536. The fourth-order valence-corrected chi connectivity index (χ4v) is 3.29. The molecule has 2 heteroatoms. The van der Waals surface area contributed by atoms with Crippen LogP contribution in [0.1, 0.15) is 30.5 Å². The third-order valence-corrected chi connectivity index (χ3v) is 4.12. The normalized spacial score (nSPS) is 27.3. The van der Waals surface area contributed by atoms with E-state index in [4.69, 9.17) is 0 Å². The Kier molecular flexibility index (Phi) is 3.71. The molecular formula is C13H19NS. The molecule has 1 nitrogen and oxygen atoms in total. The molecule has 1 aromatic rings. The number of rotatable bonds is 1. The molecule has 2 atom stereocenters. The summed E-state index contributed by atoms with van der Waals surface area (Å²) in [7, 11) is 0. The fourth-order valence-electron chi connectivity index (χ4n) is 2.09. The quantitative estimate of drug-likeness (QED) is 0.782. The number of hydrogen-bond donors (Lipinski definition) is 1. The fraction of sp³-hybridized carbons (Fsp3) is 0.538. The zero-order valence-electron chi connectivity index (χ0n) is 9.49. The average molecular weight is 221 g/mol. The second-order valence-electron chi connectivity index (χ2n) is 4.34. The zero-order chi connectivity index (χ0) is 10.7. The van der Waals surface area contributed by atoms with E-state index in [1.807, 2.05) is 0 Å². The number of benzene rings is 1. The molecule has 2 rings (SSSR count). The summed E-state index contributed by atoms with van der Waals surface area (Å²) in [5.41, 5.74) is 2.88. The first-order valence-corrected chi connectivity index (χ1v) is 6.82. The maximum absolute atomic E-state index is 3.72. The van der Waals surface area contributed by atoms with Gasteiger partial charge in [-0.05, 0) is 37.1 Å². The molecule has 0 saturated carbocycles. The van der Waals surface area contributed by atoms with Crippen molar-refractivity contribution in [3.8, 4) is 0 Å². The molecular weight excluding hydrogens is 202 g/mol. The lowest BCUT2D eigenvalue weighted by atomic mass is 10.0. The molecule has 1 fully saturated rings. The molecule has 0 aromatic heterocycles. The molecule has 0 amide bonds. The van der Waals surface area contributed by atoms with E-state index < -0.39 is 0 Å². The monoisotopic (exact) mass is 221 g/mol. The number of nitrogens with one attached hydrogen (secondary N) is 1. The Morgan fingerprint density at radius 1 is 1.33 bits per heavy atom. The summed E-state index contributed by atoms with van der Waals surface area (Å²) in [6.07, 6.45) is 1.28. The van der Waals surface area contributed by atoms with Crippen LogP contribution in [-0.4, -0.2) is 17.5 Å². The van der Waals surface area contributed by atoms with Gasteiger partial charge in [-0.15, -0.1) is 0 Å². The summed E-state index contributed by atoms with van der Waals surface area (Å²) in [5, 5.41) is 3.72. The molecule has 1 aliphatic heterocycles. The number of thioether (sulfide) groups is 1. The van der Waals surface area contributed by atoms with E-state index in [1.54, 1.807) is 0 Å². The second-order valence-corrected chi connectivity index (χ2v) is 5.49. The summed E-state index contributed by atoms with van der Waals surface area (Å²) >= 11 is 2.07. The van der Waals surface area contributed by atoms with Crippen LogP contribution in [0.2, 0.25) is 0 Å². The Balaban J connectivity index is 2.18. The molecule has 82 valence electrons. The van der Waals surface area contributed by atoms with Crippen LogP contribution in [0.5, 0.6) is 0 Å². The summed E-state index contributed by atoms with van der Waals surface area (Å²) in [5.74, 6) is 2.49. The summed E-state index contributed by atoms with van der Waals surface area (Å²) in [6, 6.07) is 9.90. The van der Waals surface area contributed by atoms with Gasteiger partial charge in [0.15, 0.2) is 0 Å².